The van der Waals surface area contributed by atoms with Crippen molar-refractivity contribution < 1.29 is 18.6 Å². The molecular weight excluding hydrogens is 371 g/mol. The summed E-state index contributed by atoms with van der Waals surface area (Å²) < 4.78 is 30.6. The molecule has 3 nitrogen and oxygen atoms in total. The summed E-state index contributed by atoms with van der Waals surface area (Å²) in [7, 11) is 3.24. The van der Waals surface area contributed by atoms with Gasteiger partial charge in [0.25, 0.3) is 0 Å². The van der Waals surface area contributed by atoms with Gasteiger partial charge in [0.1, 0.15) is 5.82 Å². The normalized spacial score (nSPS) is 16.3. The lowest BCUT2D eigenvalue weighted by Crippen LogP contribution is -2.35. The van der Waals surface area contributed by atoms with Crippen LogP contribution in [0, 0.1) is 5.82 Å². The lowest BCUT2D eigenvalue weighted by Gasteiger charge is -2.36. The second kappa shape index (κ2) is 8.48. The quantitative estimate of drug-likeness (QED) is 0.671. The number of hydrogen-bond acceptors (Lipinski definition) is 5. The van der Waals surface area contributed by atoms with Crippen molar-refractivity contribution in [1.29, 1.82) is 0 Å². The van der Waals surface area contributed by atoms with Crippen LogP contribution in [0.4, 0.5) is 4.39 Å². The fourth-order valence-corrected chi connectivity index (χ4v) is 4.15. The van der Waals surface area contributed by atoms with E-state index in [-0.39, 0.29) is 5.82 Å². The third-order valence-electron chi connectivity index (χ3n) is 4.60. The van der Waals surface area contributed by atoms with Gasteiger partial charge in [0.05, 0.1) is 12.7 Å². The maximum atomic E-state index is 14.3. The third-order valence-corrected chi connectivity index (χ3v) is 5.98. The minimum absolute atomic E-state index is 0.259. The van der Waals surface area contributed by atoms with Crippen molar-refractivity contribution in [3.8, 4) is 0 Å². The summed E-state index contributed by atoms with van der Waals surface area (Å²) in [6, 6.07) is 12.8. The molecule has 138 valence electrons. The van der Waals surface area contributed by atoms with Crippen molar-refractivity contribution in [3.63, 3.8) is 0 Å². The fourth-order valence-electron chi connectivity index (χ4n) is 3.11. The summed E-state index contributed by atoms with van der Waals surface area (Å²) in [4.78, 5) is 1.84. The molecule has 0 amide bonds. The number of halogens is 1. The first-order valence-corrected chi connectivity index (χ1v) is 9.59. The van der Waals surface area contributed by atoms with Crippen LogP contribution >= 0.6 is 24.0 Å². The van der Waals surface area contributed by atoms with Crippen molar-refractivity contribution in [1.82, 2.24) is 0 Å². The Kier molecular flexibility index (Phi) is 6.29. The molecule has 0 N–H and O–H groups in total. The molecule has 2 aromatic carbocycles. The Balaban J connectivity index is 1.84. The van der Waals surface area contributed by atoms with Crippen LogP contribution in [0.2, 0.25) is 0 Å². The van der Waals surface area contributed by atoms with Gasteiger partial charge in [-0.2, -0.15) is 0 Å². The summed E-state index contributed by atoms with van der Waals surface area (Å²) in [5, 5.41) is 0.455. The molecule has 0 atom stereocenters. The van der Waals surface area contributed by atoms with Crippen LogP contribution in [0.3, 0.4) is 0 Å². The molecule has 0 bridgehead atoms. The summed E-state index contributed by atoms with van der Waals surface area (Å²) in [5.41, 5.74) is 1.24. The van der Waals surface area contributed by atoms with Crippen LogP contribution in [-0.4, -0.2) is 32.5 Å². The smallest absolute Gasteiger partial charge is 0.190 e. The minimum atomic E-state index is -0.482. The SMILES string of the molecule is COC(=S)c1ccc(Sc2cc(F)cc(C3(OC)CCOCC3)c2)cc1. The Bertz CT molecular complexity index is 771. The van der Waals surface area contributed by atoms with Gasteiger partial charge in [0, 0.05) is 48.5 Å². The summed E-state index contributed by atoms with van der Waals surface area (Å²) in [5.74, 6) is -0.259. The van der Waals surface area contributed by atoms with E-state index in [9.17, 15) is 4.39 Å². The maximum absolute atomic E-state index is 14.3. The van der Waals surface area contributed by atoms with E-state index in [0.717, 1.165) is 33.8 Å². The number of methoxy groups -OCH3 is 2. The molecule has 1 saturated heterocycles. The molecule has 0 aliphatic carbocycles. The van der Waals surface area contributed by atoms with Gasteiger partial charge in [-0.1, -0.05) is 11.8 Å². The molecule has 1 fully saturated rings. The summed E-state index contributed by atoms with van der Waals surface area (Å²) >= 11 is 6.63. The molecular formula is C20H21FO3S2. The molecule has 1 heterocycles. The number of ether oxygens (including phenoxy) is 3. The zero-order valence-corrected chi connectivity index (χ0v) is 16.4. The lowest BCUT2D eigenvalue weighted by atomic mass is 9.86. The first-order chi connectivity index (χ1) is 12.6. The lowest BCUT2D eigenvalue weighted by molar-refractivity contribution is -0.0950. The Morgan fingerprint density at radius 2 is 1.77 bits per heavy atom. The van der Waals surface area contributed by atoms with Gasteiger partial charge in [-0.25, -0.2) is 4.39 Å². The average molecular weight is 393 g/mol. The van der Waals surface area contributed by atoms with Crippen LogP contribution < -0.4 is 0 Å². The van der Waals surface area contributed by atoms with Gasteiger partial charge < -0.3 is 14.2 Å². The largest absolute Gasteiger partial charge is 0.486 e. The molecule has 1 aliphatic heterocycles. The van der Waals surface area contributed by atoms with Crippen LogP contribution in [0.15, 0.2) is 52.3 Å². The van der Waals surface area contributed by atoms with Gasteiger partial charge in [0.2, 0.25) is 0 Å². The second-order valence-corrected chi connectivity index (χ2v) is 7.62. The second-order valence-electron chi connectivity index (χ2n) is 6.10. The van der Waals surface area contributed by atoms with E-state index in [0.29, 0.717) is 18.3 Å². The van der Waals surface area contributed by atoms with Crippen LogP contribution in [0.25, 0.3) is 0 Å². The number of hydrogen-bond donors (Lipinski definition) is 0. The van der Waals surface area contributed by atoms with Crippen molar-refractivity contribution >= 4 is 29.0 Å². The van der Waals surface area contributed by atoms with Crippen molar-refractivity contribution in [3.05, 3.63) is 59.4 Å². The molecule has 0 unspecified atom stereocenters. The zero-order valence-electron chi connectivity index (χ0n) is 14.8. The Morgan fingerprint density at radius 3 is 2.38 bits per heavy atom. The highest BCUT2D eigenvalue weighted by Crippen LogP contribution is 2.38. The zero-order chi connectivity index (χ0) is 18.6. The Hall–Kier alpha value is -1.47. The van der Waals surface area contributed by atoms with Gasteiger partial charge in [-0.15, -0.1) is 0 Å². The van der Waals surface area contributed by atoms with Crippen molar-refractivity contribution in [2.75, 3.05) is 27.4 Å². The van der Waals surface area contributed by atoms with E-state index in [1.807, 2.05) is 30.3 Å². The van der Waals surface area contributed by atoms with E-state index in [1.165, 1.54) is 11.8 Å². The number of benzene rings is 2. The minimum Gasteiger partial charge on any atom is -0.486 e. The molecule has 0 radical (unpaired) electrons. The van der Waals surface area contributed by atoms with Gasteiger partial charge in [0.15, 0.2) is 5.05 Å². The molecule has 0 spiro atoms. The molecule has 3 rings (SSSR count). The molecule has 2 aromatic rings. The average Bonchev–Trinajstić information content (AvgIpc) is 2.68. The molecule has 0 saturated carbocycles. The first kappa shape index (κ1) is 19.3. The van der Waals surface area contributed by atoms with Crippen LogP contribution in [0.1, 0.15) is 24.0 Å². The fraction of sp³-hybridized carbons (Fsp3) is 0.350. The predicted molar refractivity (Wildman–Crippen MR) is 104 cm³/mol. The Morgan fingerprint density at radius 1 is 1.08 bits per heavy atom. The number of thiocarbonyl (C=S) groups is 1. The molecule has 6 heteroatoms. The molecule has 0 aromatic heterocycles. The summed E-state index contributed by atoms with van der Waals surface area (Å²) in [6.45, 7) is 1.24. The van der Waals surface area contributed by atoms with E-state index in [4.69, 9.17) is 26.4 Å². The third kappa shape index (κ3) is 4.26. The Labute approximate surface area is 162 Å². The van der Waals surface area contributed by atoms with E-state index in [2.05, 4.69) is 0 Å². The van der Waals surface area contributed by atoms with Crippen molar-refractivity contribution in [2.45, 2.75) is 28.2 Å². The first-order valence-electron chi connectivity index (χ1n) is 8.36. The van der Waals surface area contributed by atoms with Gasteiger partial charge in [-0.3, -0.25) is 0 Å². The molecule has 1 aliphatic rings. The highest BCUT2D eigenvalue weighted by Gasteiger charge is 2.35. The standard InChI is InChI=1S/C20H21FO3S2/c1-22-19(25)14-3-5-17(6-4-14)26-18-12-15(11-16(21)13-18)20(23-2)7-9-24-10-8-20/h3-6,11-13H,7-10H2,1-2H3. The van der Waals surface area contributed by atoms with Gasteiger partial charge in [-0.05, 0) is 60.2 Å². The topological polar surface area (TPSA) is 27.7 Å². The van der Waals surface area contributed by atoms with Crippen molar-refractivity contribution in [2.24, 2.45) is 0 Å². The molecule has 26 heavy (non-hydrogen) atoms. The highest BCUT2D eigenvalue weighted by atomic mass is 32.2. The summed E-state index contributed by atoms with van der Waals surface area (Å²) in [6.07, 6.45) is 1.44. The predicted octanol–water partition coefficient (Wildman–Crippen LogP) is 4.95. The van der Waals surface area contributed by atoms with E-state index in [1.54, 1.807) is 26.4 Å². The van der Waals surface area contributed by atoms with E-state index < -0.39 is 5.60 Å². The monoisotopic (exact) mass is 392 g/mol. The number of rotatable bonds is 5. The highest BCUT2D eigenvalue weighted by molar-refractivity contribution is 7.99. The van der Waals surface area contributed by atoms with Crippen LogP contribution in [-0.2, 0) is 19.8 Å². The van der Waals surface area contributed by atoms with Crippen LogP contribution in [0.5, 0.6) is 0 Å². The van der Waals surface area contributed by atoms with E-state index >= 15 is 0 Å². The van der Waals surface area contributed by atoms with Gasteiger partial charge >= 0.3 is 0 Å². The maximum Gasteiger partial charge on any atom is 0.190 e.